The standard InChI is InChI=1S/4FH.Pm/h4*1H;/q;;;;+4/p-4. The van der Waals surface area contributed by atoms with E-state index in [4.69, 9.17) is 0 Å². The Morgan fingerprint density at radius 1 is 0.800 bits per heavy atom. The average Bonchev–Trinajstić information content (AvgIpc) is 0.722. The van der Waals surface area contributed by atoms with Crippen LogP contribution in [0.2, 0.25) is 0 Å². The van der Waals surface area contributed by atoms with E-state index in [0.717, 1.165) is 0 Å². The third-order valence-corrected chi connectivity index (χ3v) is 0. The van der Waals surface area contributed by atoms with E-state index in [-0.39, 0.29) is 0 Å². The first-order valence-electron chi connectivity index (χ1n) is 0.676. The summed E-state index contributed by atoms with van der Waals surface area (Å²) < 4.78 is 39.6. The van der Waals surface area contributed by atoms with Crippen molar-refractivity contribution in [2.24, 2.45) is 0 Å². The van der Waals surface area contributed by atoms with Crippen LogP contribution in [0.1, 0.15) is 0 Å². The van der Waals surface area contributed by atoms with Crippen molar-refractivity contribution in [3.63, 3.8) is 0 Å². The topological polar surface area (TPSA) is 0 Å². The summed E-state index contributed by atoms with van der Waals surface area (Å²) in [6, 6.07) is 0. The van der Waals surface area contributed by atoms with Crippen LogP contribution in [0.3, 0.4) is 0 Å². The zero-order chi connectivity index (χ0) is 4.50. The molecule has 0 aromatic carbocycles. The van der Waals surface area contributed by atoms with Crippen molar-refractivity contribution in [1.29, 1.82) is 0 Å². The summed E-state index contributed by atoms with van der Waals surface area (Å²) in [4.78, 5) is 0. The minimum absolute atomic E-state index is 7.22. The van der Waals surface area contributed by atoms with Gasteiger partial charge in [-0.2, -0.15) is 0 Å². The molecule has 5 heteroatoms. The van der Waals surface area contributed by atoms with Gasteiger partial charge in [0, 0.05) is 0 Å². The summed E-state index contributed by atoms with van der Waals surface area (Å²) in [7, 11) is 0. The molecule has 0 atom stereocenters. The Labute approximate surface area is 39.4 Å². The van der Waals surface area contributed by atoms with Crippen molar-refractivity contribution in [3.05, 3.63) is 0 Å². The van der Waals surface area contributed by atoms with Gasteiger partial charge in [0.05, 0.1) is 0 Å². The van der Waals surface area contributed by atoms with Gasteiger partial charge in [-0.3, -0.25) is 0 Å². The number of hydrogen-bond acceptors (Lipinski definition) is 0. The monoisotopic (exact) mass is 221 g/mol. The van der Waals surface area contributed by atoms with Gasteiger partial charge in [-0.15, -0.1) is 0 Å². The summed E-state index contributed by atoms with van der Waals surface area (Å²) in [6.07, 6.45) is 0. The van der Waals surface area contributed by atoms with E-state index >= 15 is 0 Å². The SMILES string of the molecule is [F][Pm]([F])([F])[F]. The first kappa shape index (κ1) is 6.06. The second-order valence-electron chi connectivity index (χ2n) is 0.383. The van der Waals surface area contributed by atoms with Crippen LogP contribution in [0.15, 0.2) is 0 Å². The Balaban J connectivity index is 3.02. The first-order valence-corrected chi connectivity index (χ1v) is 5.01. The molecule has 0 fully saturated rings. The van der Waals surface area contributed by atoms with Crippen molar-refractivity contribution >= 4 is 0 Å². The van der Waals surface area contributed by atoms with Crippen molar-refractivity contribution in [1.82, 2.24) is 0 Å². The Hall–Kier alpha value is 1.06. The third-order valence-electron chi connectivity index (χ3n) is 0. The van der Waals surface area contributed by atoms with Crippen LogP contribution in [0.25, 0.3) is 0 Å². The Kier molecular flexibility index (Phi) is 2.03. The van der Waals surface area contributed by atoms with Crippen LogP contribution in [0.5, 0.6) is 0 Å². The van der Waals surface area contributed by atoms with Gasteiger partial charge < -0.3 is 0 Å². The normalized spacial score (nSPS) is 12.0. The zero-order valence-corrected chi connectivity index (χ0v) is 4.83. The van der Waals surface area contributed by atoms with Gasteiger partial charge in [-0.05, 0) is 0 Å². The molecule has 0 bridgehead atoms. The molecule has 0 aliphatic heterocycles. The molecule has 0 N–H and O–H groups in total. The predicted octanol–water partition coefficient (Wildman–Crippen LogP) is 1.68. The van der Waals surface area contributed by atoms with Crippen LogP contribution >= 0.6 is 0 Å². The Bertz CT molecular complexity index is 19.1. The first-order chi connectivity index (χ1) is 2.00. The number of hydrogen-bond donors (Lipinski definition) is 0. The average molecular weight is 221 g/mol. The maximum atomic E-state index is 9.90. The molecule has 0 aliphatic rings. The fraction of sp³-hybridized carbons (Fsp3) is 0. The van der Waals surface area contributed by atoms with E-state index < -0.39 is 35.4 Å². The van der Waals surface area contributed by atoms with Crippen molar-refractivity contribution in [3.8, 4) is 0 Å². The summed E-state index contributed by atoms with van der Waals surface area (Å²) in [6.45, 7) is 0. The quantitative estimate of drug-likeness (QED) is 0.546. The van der Waals surface area contributed by atoms with E-state index in [1.165, 1.54) is 0 Å². The molecule has 0 rings (SSSR count). The molecule has 5 heavy (non-hydrogen) atoms. The van der Waals surface area contributed by atoms with Crippen LogP contribution < -0.4 is 0 Å². The van der Waals surface area contributed by atoms with Crippen LogP contribution in [-0.4, -0.2) is 0 Å². The van der Waals surface area contributed by atoms with Gasteiger partial charge in [0.25, 0.3) is 0 Å². The summed E-state index contributed by atoms with van der Waals surface area (Å²) in [5, 5.41) is 0. The molecule has 0 spiro atoms. The maximum absolute atomic E-state index is 9.90. The molecule has 0 aromatic heterocycles. The van der Waals surface area contributed by atoms with E-state index in [1.807, 2.05) is 0 Å². The number of rotatable bonds is 0. The van der Waals surface area contributed by atoms with Gasteiger partial charge in [-0.25, -0.2) is 0 Å². The summed E-state index contributed by atoms with van der Waals surface area (Å²) >= 11 is -7.22. The summed E-state index contributed by atoms with van der Waals surface area (Å²) in [5.74, 6) is 0. The molecule has 0 heterocycles. The molecule has 0 nitrogen and oxygen atoms in total. The van der Waals surface area contributed by atoms with Crippen LogP contribution in [0.4, 0.5) is 4.26 Å². The minimum atomic E-state index is -7.22. The molecular formula is F4Pm. The molecular weight excluding hydrogens is 221 g/mol. The van der Waals surface area contributed by atoms with Crippen LogP contribution in [-0.2, 0) is 0 Å². The van der Waals surface area contributed by atoms with Gasteiger partial charge in [-0.1, -0.05) is 0 Å². The van der Waals surface area contributed by atoms with Gasteiger partial charge in [0.15, 0.2) is 0 Å². The van der Waals surface area contributed by atoms with Crippen LogP contribution in [0, 0.1) is 35.4 Å². The molecule has 0 radical (unpaired) electrons. The van der Waals surface area contributed by atoms with Gasteiger partial charge in [0.1, 0.15) is 0 Å². The fourth-order valence-corrected chi connectivity index (χ4v) is 0. The Morgan fingerprint density at radius 2 is 0.800 bits per heavy atom. The molecule has 0 saturated heterocycles. The van der Waals surface area contributed by atoms with E-state index in [9.17, 15) is 4.26 Å². The fourth-order valence-electron chi connectivity index (χ4n) is 0. The van der Waals surface area contributed by atoms with E-state index in [0.29, 0.717) is 0 Å². The second-order valence-corrected chi connectivity index (χ2v) is 2.84. The van der Waals surface area contributed by atoms with Crippen molar-refractivity contribution in [2.45, 2.75) is 0 Å². The van der Waals surface area contributed by atoms with Crippen molar-refractivity contribution < 1.29 is 39.7 Å². The zero-order valence-electron chi connectivity index (χ0n) is 1.96. The summed E-state index contributed by atoms with van der Waals surface area (Å²) in [5.41, 5.74) is 0. The van der Waals surface area contributed by atoms with E-state index in [1.54, 1.807) is 0 Å². The number of halogens is 4. The molecule has 0 saturated carbocycles. The molecule has 0 unspecified atom stereocenters. The second kappa shape index (κ2) is 1.67. The molecule has 0 aliphatic carbocycles. The predicted molar refractivity (Wildman–Crippen MR) is 4.43 cm³/mol. The molecule has 33 valence electrons. The Morgan fingerprint density at radius 3 is 0.800 bits per heavy atom. The van der Waals surface area contributed by atoms with E-state index in [2.05, 4.69) is 0 Å². The van der Waals surface area contributed by atoms with Gasteiger partial charge >= 0.3 is 39.7 Å². The van der Waals surface area contributed by atoms with Crippen molar-refractivity contribution in [2.75, 3.05) is 0 Å². The van der Waals surface area contributed by atoms with Gasteiger partial charge in [0.2, 0.25) is 0 Å². The third kappa shape index (κ3) is 42.3. The molecule has 0 aromatic rings. The molecule has 0 amide bonds.